The summed E-state index contributed by atoms with van der Waals surface area (Å²) in [6.07, 6.45) is 9.01. The summed E-state index contributed by atoms with van der Waals surface area (Å²) in [6.45, 7) is 6.60. The van der Waals surface area contributed by atoms with E-state index in [1.165, 1.54) is 63.6 Å². The largest absolute Gasteiger partial charge is 0.493 e. The van der Waals surface area contributed by atoms with Gasteiger partial charge in [-0.1, -0.05) is 18.9 Å². The Morgan fingerprint density at radius 2 is 1.79 bits per heavy atom. The van der Waals surface area contributed by atoms with Crippen LogP contribution in [0.1, 0.15) is 50.5 Å². The van der Waals surface area contributed by atoms with Crippen LogP contribution in [0.4, 0.5) is 0 Å². The fourth-order valence-corrected chi connectivity index (χ4v) is 5.39. The van der Waals surface area contributed by atoms with Crippen LogP contribution in [0.15, 0.2) is 18.2 Å². The molecule has 1 aromatic rings. The van der Waals surface area contributed by atoms with Crippen molar-refractivity contribution >= 4 is 0 Å². The lowest BCUT2D eigenvalue weighted by Crippen LogP contribution is -2.33. The monoisotopic (exact) mass is 388 g/mol. The maximum atomic E-state index is 10.3. The van der Waals surface area contributed by atoms with Crippen LogP contribution in [-0.2, 0) is 6.54 Å². The molecule has 2 aliphatic heterocycles. The molecule has 156 valence electrons. The molecule has 1 aromatic carbocycles. The van der Waals surface area contributed by atoms with E-state index in [0.717, 1.165) is 31.1 Å². The second-order valence-electron chi connectivity index (χ2n) is 9.13. The highest BCUT2D eigenvalue weighted by Crippen LogP contribution is 2.45. The van der Waals surface area contributed by atoms with Gasteiger partial charge >= 0.3 is 0 Å². The van der Waals surface area contributed by atoms with Crippen LogP contribution in [0, 0.1) is 5.41 Å². The molecule has 1 saturated carbocycles. The van der Waals surface area contributed by atoms with E-state index in [4.69, 9.17) is 9.47 Å². The molecular weight excluding hydrogens is 352 g/mol. The number of aliphatic hydroxyl groups excluding tert-OH is 1. The molecule has 0 amide bonds. The Kier molecular flexibility index (Phi) is 6.44. The molecule has 1 unspecified atom stereocenters. The van der Waals surface area contributed by atoms with Gasteiger partial charge in [-0.25, -0.2) is 0 Å². The molecule has 2 heterocycles. The minimum Gasteiger partial charge on any atom is -0.493 e. The second-order valence-corrected chi connectivity index (χ2v) is 9.13. The maximum absolute atomic E-state index is 10.3. The van der Waals surface area contributed by atoms with Gasteiger partial charge in [0.2, 0.25) is 0 Å². The first kappa shape index (κ1) is 20.0. The zero-order valence-corrected chi connectivity index (χ0v) is 17.4. The number of β-amino-alcohol motifs (C(OH)–C–C–N with tert-alkyl or cyclic N) is 1. The molecule has 1 N–H and O–H groups in total. The highest BCUT2D eigenvalue weighted by Gasteiger charge is 2.39. The molecule has 1 spiro atoms. The number of benzene rings is 1. The van der Waals surface area contributed by atoms with Crippen molar-refractivity contribution in [1.29, 1.82) is 0 Å². The number of hydrogen-bond acceptors (Lipinski definition) is 5. The Morgan fingerprint density at radius 1 is 1.00 bits per heavy atom. The first-order valence-corrected chi connectivity index (χ1v) is 11.1. The number of rotatable bonds is 8. The lowest BCUT2D eigenvalue weighted by atomic mass is 9.86. The average Bonchev–Trinajstić information content (AvgIpc) is 3.45. The summed E-state index contributed by atoms with van der Waals surface area (Å²) in [5.74, 6) is 1.49. The van der Waals surface area contributed by atoms with Gasteiger partial charge in [0.15, 0.2) is 11.5 Å². The van der Waals surface area contributed by atoms with Crippen LogP contribution >= 0.6 is 0 Å². The summed E-state index contributed by atoms with van der Waals surface area (Å²) in [4.78, 5) is 4.91. The van der Waals surface area contributed by atoms with Crippen molar-refractivity contribution < 1.29 is 14.6 Å². The van der Waals surface area contributed by atoms with E-state index >= 15 is 0 Å². The third kappa shape index (κ3) is 4.81. The summed E-state index contributed by atoms with van der Waals surface area (Å²) < 4.78 is 11.5. The fourth-order valence-electron chi connectivity index (χ4n) is 5.39. The van der Waals surface area contributed by atoms with Gasteiger partial charge < -0.3 is 19.5 Å². The Morgan fingerprint density at radius 3 is 2.54 bits per heavy atom. The van der Waals surface area contributed by atoms with Gasteiger partial charge in [-0.05, 0) is 74.8 Å². The number of methoxy groups -OCH3 is 1. The Hall–Kier alpha value is -1.30. The van der Waals surface area contributed by atoms with E-state index in [0.29, 0.717) is 18.6 Å². The van der Waals surface area contributed by atoms with E-state index in [1.54, 1.807) is 7.11 Å². The summed E-state index contributed by atoms with van der Waals surface area (Å²) >= 11 is 0. The third-order valence-corrected chi connectivity index (χ3v) is 6.91. The maximum Gasteiger partial charge on any atom is 0.161 e. The van der Waals surface area contributed by atoms with Crippen LogP contribution in [0.2, 0.25) is 0 Å². The smallest absolute Gasteiger partial charge is 0.161 e. The van der Waals surface area contributed by atoms with Gasteiger partial charge in [0.05, 0.1) is 7.11 Å². The van der Waals surface area contributed by atoms with Gasteiger partial charge in [-0.2, -0.15) is 0 Å². The number of hydrogen-bond donors (Lipinski definition) is 1. The number of likely N-dealkylation sites (tertiary alicyclic amines) is 2. The van der Waals surface area contributed by atoms with E-state index < -0.39 is 6.10 Å². The topological polar surface area (TPSA) is 45.2 Å². The minimum atomic E-state index is -0.465. The molecule has 5 heteroatoms. The lowest BCUT2D eigenvalue weighted by molar-refractivity contribution is 0.0746. The first-order valence-electron chi connectivity index (χ1n) is 11.1. The zero-order chi connectivity index (χ0) is 19.4. The van der Waals surface area contributed by atoms with Gasteiger partial charge in [-0.15, -0.1) is 0 Å². The van der Waals surface area contributed by atoms with Crippen LogP contribution in [0.25, 0.3) is 0 Å². The van der Waals surface area contributed by atoms with Crippen LogP contribution in [0.5, 0.6) is 11.5 Å². The highest BCUT2D eigenvalue weighted by molar-refractivity contribution is 5.43. The molecule has 0 aromatic heterocycles. The molecule has 5 nitrogen and oxygen atoms in total. The number of ether oxygens (including phenoxy) is 2. The van der Waals surface area contributed by atoms with Crippen LogP contribution in [-0.4, -0.2) is 67.5 Å². The van der Waals surface area contributed by atoms with E-state index in [2.05, 4.69) is 21.9 Å². The van der Waals surface area contributed by atoms with E-state index in [9.17, 15) is 5.11 Å². The van der Waals surface area contributed by atoms with Gasteiger partial charge in [0.1, 0.15) is 12.7 Å². The summed E-state index contributed by atoms with van der Waals surface area (Å²) in [5.41, 5.74) is 1.87. The van der Waals surface area contributed by atoms with Crippen LogP contribution < -0.4 is 9.47 Å². The molecule has 28 heavy (non-hydrogen) atoms. The van der Waals surface area contributed by atoms with Gasteiger partial charge in [0.25, 0.3) is 0 Å². The van der Waals surface area contributed by atoms with Gasteiger partial charge in [-0.3, -0.25) is 4.90 Å². The van der Waals surface area contributed by atoms with Crippen molar-refractivity contribution in [3.63, 3.8) is 0 Å². The second kappa shape index (κ2) is 9.02. The van der Waals surface area contributed by atoms with Crippen LogP contribution in [0.3, 0.4) is 0 Å². The fraction of sp³-hybridized carbons (Fsp3) is 0.739. The Balaban J connectivity index is 1.33. The summed E-state index contributed by atoms with van der Waals surface area (Å²) in [5, 5.41) is 10.3. The van der Waals surface area contributed by atoms with E-state index in [1.807, 2.05) is 6.07 Å². The molecule has 0 bridgehead atoms. The molecule has 0 radical (unpaired) electrons. The normalized spacial score (nSPS) is 23.5. The van der Waals surface area contributed by atoms with Crippen molar-refractivity contribution in [3.05, 3.63) is 23.8 Å². The Bertz CT molecular complexity index is 639. The SMILES string of the molecule is COc1ccc(CN2CCC3(CCCC3)C2)cc1OCC(O)CN1CCCC1. The predicted molar refractivity (Wildman–Crippen MR) is 111 cm³/mol. The molecule has 4 rings (SSSR count). The van der Waals surface area contributed by atoms with Crippen molar-refractivity contribution in [3.8, 4) is 11.5 Å². The molecule has 1 aliphatic carbocycles. The Labute approximate surface area is 169 Å². The minimum absolute atomic E-state index is 0.309. The third-order valence-electron chi connectivity index (χ3n) is 6.91. The van der Waals surface area contributed by atoms with Gasteiger partial charge in [0, 0.05) is 19.6 Å². The lowest BCUT2D eigenvalue weighted by Gasteiger charge is -2.24. The van der Waals surface area contributed by atoms with Crippen molar-refractivity contribution in [2.75, 3.05) is 46.4 Å². The standard InChI is InChI=1S/C23H36N2O3/c1-27-21-7-6-19(15-25-13-10-23(18-25)8-2-3-9-23)14-22(21)28-17-20(26)16-24-11-4-5-12-24/h6-7,14,20,26H,2-5,8-13,15-18H2,1H3. The molecule has 2 saturated heterocycles. The molecule has 3 aliphatic rings. The molecular formula is C23H36N2O3. The van der Waals surface area contributed by atoms with E-state index in [-0.39, 0.29) is 0 Å². The quantitative estimate of drug-likeness (QED) is 0.740. The zero-order valence-electron chi connectivity index (χ0n) is 17.4. The predicted octanol–water partition coefficient (Wildman–Crippen LogP) is 3.30. The summed E-state index contributed by atoms with van der Waals surface area (Å²) in [7, 11) is 1.67. The molecule has 1 atom stereocenters. The summed E-state index contributed by atoms with van der Waals surface area (Å²) in [6, 6.07) is 6.24. The van der Waals surface area contributed by atoms with Crippen molar-refractivity contribution in [2.24, 2.45) is 5.41 Å². The average molecular weight is 389 g/mol. The number of aliphatic hydroxyl groups is 1. The molecule has 3 fully saturated rings. The highest BCUT2D eigenvalue weighted by atomic mass is 16.5. The first-order chi connectivity index (χ1) is 13.7. The van der Waals surface area contributed by atoms with Crippen molar-refractivity contribution in [1.82, 2.24) is 9.80 Å². The number of nitrogens with zero attached hydrogens (tertiary/aromatic N) is 2. The van der Waals surface area contributed by atoms with Crippen molar-refractivity contribution in [2.45, 2.75) is 57.6 Å².